The molecule has 0 bridgehead atoms. The molecule has 0 saturated carbocycles. The number of anilines is 1. The van der Waals surface area contributed by atoms with Gasteiger partial charge in [-0.25, -0.2) is 0 Å². The summed E-state index contributed by atoms with van der Waals surface area (Å²) < 4.78 is 6.65. The second-order valence-corrected chi connectivity index (χ2v) is 6.61. The lowest BCUT2D eigenvalue weighted by Crippen LogP contribution is -2.13. The molecule has 0 aromatic heterocycles. The first-order chi connectivity index (χ1) is 12.0. The van der Waals surface area contributed by atoms with Crippen molar-refractivity contribution in [1.29, 1.82) is 0 Å². The largest absolute Gasteiger partial charge is 0.492 e. The Labute approximate surface area is 156 Å². The van der Waals surface area contributed by atoms with Gasteiger partial charge in [-0.3, -0.25) is 9.59 Å². The lowest BCUT2D eigenvalue weighted by atomic mass is 10.1. The van der Waals surface area contributed by atoms with E-state index in [1.807, 2.05) is 18.2 Å². The summed E-state index contributed by atoms with van der Waals surface area (Å²) in [6.07, 6.45) is 1.98. The Morgan fingerprint density at radius 3 is 2.44 bits per heavy atom. The van der Waals surface area contributed by atoms with Gasteiger partial charge in [-0.1, -0.05) is 13.0 Å². The number of ketones is 1. The third kappa shape index (κ3) is 6.02. The molecule has 0 atom stereocenters. The van der Waals surface area contributed by atoms with Crippen LogP contribution in [0, 0.1) is 0 Å². The van der Waals surface area contributed by atoms with E-state index in [9.17, 15) is 9.59 Å². The van der Waals surface area contributed by atoms with Crippen LogP contribution in [-0.4, -0.2) is 18.3 Å². The molecule has 0 saturated heterocycles. The molecule has 0 fully saturated rings. The number of aryl methyl sites for hydroxylation is 1. The number of Topliss-reactive ketones (excluding diaryl/α,β-unsaturated/α-hetero) is 1. The smallest absolute Gasteiger partial charge is 0.224 e. The topological polar surface area (TPSA) is 55.4 Å². The van der Waals surface area contributed by atoms with Gasteiger partial charge < -0.3 is 10.1 Å². The third-order valence-electron chi connectivity index (χ3n) is 3.79. The Morgan fingerprint density at radius 2 is 1.84 bits per heavy atom. The molecule has 0 spiro atoms. The third-order valence-corrected chi connectivity index (χ3v) is 4.41. The van der Waals surface area contributed by atoms with Crippen LogP contribution in [-0.2, 0) is 11.2 Å². The van der Waals surface area contributed by atoms with Crippen molar-refractivity contribution in [1.82, 2.24) is 0 Å². The molecular weight excluding hydrogens is 382 g/mol. The minimum Gasteiger partial charge on any atom is -0.492 e. The van der Waals surface area contributed by atoms with E-state index < -0.39 is 0 Å². The summed E-state index contributed by atoms with van der Waals surface area (Å²) in [5, 5.41) is 2.82. The van der Waals surface area contributed by atoms with Crippen molar-refractivity contribution in [2.45, 2.75) is 33.1 Å². The van der Waals surface area contributed by atoms with Gasteiger partial charge in [0.2, 0.25) is 5.91 Å². The molecule has 0 heterocycles. The Balaban J connectivity index is 1.74. The summed E-state index contributed by atoms with van der Waals surface area (Å²) in [4.78, 5) is 23.2. The van der Waals surface area contributed by atoms with Crippen LogP contribution in [0.3, 0.4) is 0 Å². The van der Waals surface area contributed by atoms with Crippen molar-refractivity contribution in [2.24, 2.45) is 0 Å². The van der Waals surface area contributed by atoms with Gasteiger partial charge in [0.05, 0.1) is 11.1 Å². The fraction of sp³-hybridized carbons (Fsp3) is 0.300. The molecule has 5 heteroatoms. The number of rotatable bonds is 8. The summed E-state index contributed by atoms with van der Waals surface area (Å²) in [5.74, 6) is 0.727. The number of hydrogen-bond donors (Lipinski definition) is 1. The molecule has 25 heavy (non-hydrogen) atoms. The van der Waals surface area contributed by atoms with Crippen LogP contribution in [0.25, 0.3) is 0 Å². The van der Waals surface area contributed by atoms with E-state index in [4.69, 9.17) is 4.74 Å². The van der Waals surface area contributed by atoms with Gasteiger partial charge in [-0.05, 0) is 77.7 Å². The lowest BCUT2D eigenvalue weighted by molar-refractivity contribution is -0.116. The maximum Gasteiger partial charge on any atom is 0.224 e. The molecule has 1 N–H and O–H groups in total. The molecule has 0 unspecified atom stereocenters. The fourth-order valence-electron chi connectivity index (χ4n) is 2.31. The molecule has 4 nitrogen and oxygen atoms in total. The number of carbonyl (C=O) groups excluding carboxylic acids is 2. The molecular formula is C20H22BrNO3. The average Bonchev–Trinajstić information content (AvgIpc) is 2.60. The number of nitrogens with one attached hydrogen (secondary N) is 1. The summed E-state index contributed by atoms with van der Waals surface area (Å²) in [6.45, 7) is 4.09. The first-order valence-corrected chi connectivity index (χ1v) is 9.11. The minimum atomic E-state index is -0.0698. The zero-order chi connectivity index (χ0) is 18.2. The summed E-state index contributed by atoms with van der Waals surface area (Å²) in [7, 11) is 0. The van der Waals surface area contributed by atoms with Crippen molar-refractivity contribution in [3.8, 4) is 5.75 Å². The molecule has 0 aliphatic rings. The molecule has 2 aromatic rings. The van der Waals surface area contributed by atoms with Crippen LogP contribution in [0.2, 0.25) is 0 Å². The van der Waals surface area contributed by atoms with E-state index >= 15 is 0 Å². The standard InChI is InChI=1S/C20H22BrNO3/c1-3-15-6-11-19(18(21)13-15)25-12-4-5-20(24)22-17-9-7-16(8-10-17)14(2)23/h6-11,13H,3-5,12H2,1-2H3,(H,22,24). The zero-order valence-electron chi connectivity index (χ0n) is 14.5. The molecule has 2 aromatic carbocycles. The summed E-state index contributed by atoms with van der Waals surface area (Å²) in [6, 6.07) is 12.9. The highest BCUT2D eigenvalue weighted by Gasteiger charge is 2.06. The SMILES string of the molecule is CCc1ccc(OCCCC(=O)Nc2ccc(C(C)=O)cc2)c(Br)c1. The number of hydrogen-bond acceptors (Lipinski definition) is 3. The maximum atomic E-state index is 12.0. The Kier molecular flexibility index (Phi) is 7.19. The summed E-state index contributed by atoms with van der Waals surface area (Å²) >= 11 is 3.50. The highest BCUT2D eigenvalue weighted by molar-refractivity contribution is 9.10. The van der Waals surface area contributed by atoms with Crippen molar-refractivity contribution in [3.63, 3.8) is 0 Å². The molecule has 0 aliphatic carbocycles. The van der Waals surface area contributed by atoms with Crippen LogP contribution in [0.4, 0.5) is 5.69 Å². The van der Waals surface area contributed by atoms with Crippen molar-refractivity contribution in [2.75, 3.05) is 11.9 Å². The molecule has 2 rings (SSSR count). The Hall–Kier alpha value is -2.14. The Bertz CT molecular complexity index is 741. The highest BCUT2D eigenvalue weighted by Crippen LogP contribution is 2.26. The van der Waals surface area contributed by atoms with Crippen LogP contribution in [0.1, 0.15) is 42.6 Å². The van der Waals surface area contributed by atoms with Gasteiger partial charge in [-0.2, -0.15) is 0 Å². The van der Waals surface area contributed by atoms with Crippen molar-refractivity contribution >= 4 is 33.3 Å². The first-order valence-electron chi connectivity index (χ1n) is 8.31. The van der Waals surface area contributed by atoms with Crippen molar-refractivity contribution < 1.29 is 14.3 Å². The Morgan fingerprint density at radius 1 is 1.12 bits per heavy atom. The minimum absolute atomic E-state index is 0.00755. The highest BCUT2D eigenvalue weighted by atomic mass is 79.9. The van der Waals surface area contributed by atoms with Gasteiger partial charge in [0.1, 0.15) is 5.75 Å². The van der Waals surface area contributed by atoms with Gasteiger partial charge >= 0.3 is 0 Å². The lowest BCUT2D eigenvalue weighted by Gasteiger charge is -2.10. The number of benzene rings is 2. The maximum absolute atomic E-state index is 12.0. The zero-order valence-corrected chi connectivity index (χ0v) is 16.1. The molecule has 0 aliphatic heterocycles. The average molecular weight is 404 g/mol. The second-order valence-electron chi connectivity index (χ2n) is 5.75. The number of ether oxygens (including phenoxy) is 1. The quantitative estimate of drug-likeness (QED) is 0.497. The van der Waals surface area contributed by atoms with E-state index in [0.29, 0.717) is 30.7 Å². The van der Waals surface area contributed by atoms with E-state index in [1.165, 1.54) is 12.5 Å². The molecule has 1 amide bonds. The van der Waals surface area contributed by atoms with E-state index in [1.54, 1.807) is 24.3 Å². The van der Waals surface area contributed by atoms with E-state index in [2.05, 4.69) is 28.2 Å². The van der Waals surface area contributed by atoms with Gasteiger partial charge in [0.15, 0.2) is 5.78 Å². The fourth-order valence-corrected chi connectivity index (χ4v) is 2.85. The van der Waals surface area contributed by atoms with Gasteiger partial charge in [-0.15, -0.1) is 0 Å². The van der Waals surface area contributed by atoms with E-state index in [-0.39, 0.29) is 11.7 Å². The normalized spacial score (nSPS) is 10.4. The second kappa shape index (κ2) is 9.37. The summed E-state index contributed by atoms with van der Waals surface area (Å²) in [5.41, 5.74) is 2.56. The van der Waals surface area contributed by atoms with Gasteiger partial charge in [0, 0.05) is 17.7 Å². The predicted molar refractivity (Wildman–Crippen MR) is 103 cm³/mol. The van der Waals surface area contributed by atoms with E-state index in [0.717, 1.165) is 16.6 Å². The number of amides is 1. The molecule has 132 valence electrons. The van der Waals surface area contributed by atoms with Crippen LogP contribution in [0.5, 0.6) is 5.75 Å². The monoisotopic (exact) mass is 403 g/mol. The first kappa shape index (κ1) is 19.2. The van der Waals surface area contributed by atoms with Gasteiger partial charge in [0.25, 0.3) is 0 Å². The van der Waals surface area contributed by atoms with Crippen LogP contribution < -0.4 is 10.1 Å². The van der Waals surface area contributed by atoms with Crippen molar-refractivity contribution in [3.05, 3.63) is 58.1 Å². The van der Waals surface area contributed by atoms with Crippen LogP contribution >= 0.6 is 15.9 Å². The van der Waals surface area contributed by atoms with Crippen LogP contribution in [0.15, 0.2) is 46.9 Å². The number of halogens is 1. The number of carbonyl (C=O) groups is 2. The predicted octanol–water partition coefficient (Wildman–Crippen LogP) is 5.01. The molecule has 0 radical (unpaired) electrons.